The third-order valence-electron chi connectivity index (χ3n) is 5.20. The minimum atomic E-state index is -1.67. The molecule has 4 rings (SSSR count). The zero-order valence-corrected chi connectivity index (χ0v) is 17.4. The van der Waals surface area contributed by atoms with Gasteiger partial charge >= 0.3 is 0 Å². The highest BCUT2D eigenvalue weighted by atomic mass is 19.2. The van der Waals surface area contributed by atoms with E-state index < -0.39 is 40.5 Å². The number of hydrogen-bond donors (Lipinski definition) is 0. The zero-order chi connectivity index (χ0) is 23.7. The predicted molar refractivity (Wildman–Crippen MR) is 116 cm³/mol. The smallest absolute Gasteiger partial charge is 0.194 e. The molecule has 0 aliphatic rings. The highest BCUT2D eigenvalue weighted by Gasteiger charge is 2.15. The molecule has 0 aromatic heterocycles. The highest BCUT2D eigenvalue weighted by Crippen LogP contribution is 2.31. The molecule has 4 aromatic carbocycles. The summed E-state index contributed by atoms with van der Waals surface area (Å²) in [5.41, 5.74) is 0.113. The van der Waals surface area contributed by atoms with Gasteiger partial charge in [-0.2, -0.15) is 0 Å². The van der Waals surface area contributed by atoms with Crippen LogP contribution in [0.15, 0.2) is 54.6 Å². The molecule has 0 radical (unpaired) electrons. The number of fused-ring (bicyclic) bond motifs is 1. The fourth-order valence-corrected chi connectivity index (χ4v) is 3.60. The summed E-state index contributed by atoms with van der Waals surface area (Å²) in [6.45, 7) is 2.04. The second-order valence-corrected chi connectivity index (χ2v) is 7.58. The molecule has 4 aromatic rings. The molecule has 6 heteroatoms. The second kappa shape index (κ2) is 9.03. The summed E-state index contributed by atoms with van der Waals surface area (Å²) in [7, 11) is 0. The van der Waals surface area contributed by atoms with Crippen molar-refractivity contribution < 1.29 is 26.3 Å². The third-order valence-corrected chi connectivity index (χ3v) is 5.20. The molecule has 0 N–H and O–H groups in total. The van der Waals surface area contributed by atoms with E-state index in [1.807, 2.05) is 25.1 Å². The summed E-state index contributed by atoms with van der Waals surface area (Å²) in [5, 5.41) is 1.40. The van der Waals surface area contributed by atoms with Gasteiger partial charge in [0.1, 0.15) is 17.5 Å². The first-order valence-corrected chi connectivity index (χ1v) is 10.1. The van der Waals surface area contributed by atoms with E-state index in [9.17, 15) is 26.3 Å². The molecule has 0 unspecified atom stereocenters. The van der Waals surface area contributed by atoms with Crippen molar-refractivity contribution in [3.05, 3.63) is 106 Å². The largest absolute Gasteiger partial charge is 0.206 e. The molecule has 0 amide bonds. The highest BCUT2D eigenvalue weighted by molar-refractivity contribution is 5.88. The lowest BCUT2D eigenvalue weighted by Gasteiger charge is -2.09. The van der Waals surface area contributed by atoms with Crippen molar-refractivity contribution in [3.8, 4) is 23.0 Å². The molecule has 0 nitrogen and oxygen atoms in total. The molecule has 0 heterocycles. The lowest BCUT2D eigenvalue weighted by Crippen LogP contribution is -1.95. The molecule has 0 bridgehead atoms. The maximum absolute atomic E-state index is 14.8. The number of aryl methyl sites for hydroxylation is 1. The van der Waals surface area contributed by atoms with Crippen LogP contribution in [-0.4, -0.2) is 0 Å². The Balaban J connectivity index is 1.73. The molecular weight excluding hydrogens is 438 g/mol. The summed E-state index contributed by atoms with van der Waals surface area (Å²) >= 11 is 0. The lowest BCUT2D eigenvalue weighted by molar-refractivity contribution is 0.446. The van der Waals surface area contributed by atoms with E-state index in [1.54, 1.807) is 0 Å². The molecule has 0 saturated carbocycles. The Morgan fingerprint density at radius 3 is 1.94 bits per heavy atom. The molecule has 0 atom stereocenters. The summed E-state index contributed by atoms with van der Waals surface area (Å²) in [6, 6.07) is 11.6. The van der Waals surface area contributed by atoms with Crippen molar-refractivity contribution in [1.29, 1.82) is 0 Å². The van der Waals surface area contributed by atoms with E-state index in [-0.39, 0.29) is 16.7 Å². The maximum atomic E-state index is 14.8. The van der Waals surface area contributed by atoms with Crippen molar-refractivity contribution >= 4 is 10.8 Å². The second-order valence-electron chi connectivity index (χ2n) is 7.58. The molecular formula is C27H16F6. The summed E-state index contributed by atoms with van der Waals surface area (Å²) < 4.78 is 83.7. The van der Waals surface area contributed by atoms with Gasteiger partial charge in [0, 0.05) is 11.1 Å². The minimum absolute atomic E-state index is 0.0192. The van der Waals surface area contributed by atoms with Gasteiger partial charge in [-0.15, -0.1) is 0 Å². The van der Waals surface area contributed by atoms with E-state index in [4.69, 9.17) is 0 Å². The first-order chi connectivity index (χ1) is 15.8. The van der Waals surface area contributed by atoms with Gasteiger partial charge < -0.3 is 0 Å². The number of halogens is 6. The van der Waals surface area contributed by atoms with Crippen molar-refractivity contribution in [3.63, 3.8) is 0 Å². The van der Waals surface area contributed by atoms with Crippen LogP contribution in [0.25, 0.3) is 21.9 Å². The average Bonchev–Trinajstić information content (AvgIpc) is 2.76. The summed E-state index contributed by atoms with van der Waals surface area (Å²) in [6.07, 6.45) is 1.81. The third kappa shape index (κ3) is 4.58. The van der Waals surface area contributed by atoms with E-state index in [0.717, 1.165) is 35.9 Å². The van der Waals surface area contributed by atoms with Crippen LogP contribution >= 0.6 is 0 Å². The first kappa shape index (κ1) is 22.5. The molecule has 0 aliphatic carbocycles. The van der Waals surface area contributed by atoms with Crippen LogP contribution in [0.3, 0.4) is 0 Å². The van der Waals surface area contributed by atoms with Crippen LogP contribution in [0.1, 0.15) is 30.0 Å². The SMILES string of the molecule is CCCc1ccc2cc(-c3cc(F)c(C#Cc4cc(F)c(F)c(F)c4)c(F)c3)c(F)cc2c1. The van der Waals surface area contributed by atoms with E-state index in [2.05, 4.69) is 11.8 Å². The van der Waals surface area contributed by atoms with E-state index in [0.29, 0.717) is 17.5 Å². The lowest BCUT2D eigenvalue weighted by atomic mass is 9.97. The number of hydrogen-bond acceptors (Lipinski definition) is 0. The number of rotatable bonds is 3. The van der Waals surface area contributed by atoms with Gasteiger partial charge in [0.05, 0.1) is 5.56 Å². The maximum Gasteiger partial charge on any atom is 0.194 e. The quantitative estimate of drug-likeness (QED) is 0.169. The van der Waals surface area contributed by atoms with Crippen molar-refractivity contribution in [2.75, 3.05) is 0 Å². The average molecular weight is 454 g/mol. The van der Waals surface area contributed by atoms with Gasteiger partial charge in [0.25, 0.3) is 0 Å². The molecule has 0 spiro atoms. The monoisotopic (exact) mass is 454 g/mol. The normalized spacial score (nSPS) is 10.9. The van der Waals surface area contributed by atoms with Crippen molar-refractivity contribution in [2.24, 2.45) is 0 Å². The molecule has 0 saturated heterocycles. The van der Waals surface area contributed by atoms with Gasteiger partial charge in [0.2, 0.25) is 0 Å². The zero-order valence-electron chi connectivity index (χ0n) is 17.4. The van der Waals surface area contributed by atoms with E-state index in [1.165, 1.54) is 12.1 Å². The predicted octanol–water partition coefficient (Wildman–Crippen LogP) is 7.69. The van der Waals surface area contributed by atoms with Gasteiger partial charge in [-0.05, 0) is 64.7 Å². The van der Waals surface area contributed by atoms with Crippen LogP contribution in [0.5, 0.6) is 0 Å². The Morgan fingerprint density at radius 2 is 1.30 bits per heavy atom. The van der Waals surface area contributed by atoms with Gasteiger partial charge in [-0.3, -0.25) is 0 Å². The van der Waals surface area contributed by atoms with Crippen LogP contribution in [0.2, 0.25) is 0 Å². The van der Waals surface area contributed by atoms with Crippen LogP contribution < -0.4 is 0 Å². The van der Waals surface area contributed by atoms with Crippen LogP contribution in [0, 0.1) is 46.7 Å². The van der Waals surface area contributed by atoms with Crippen LogP contribution in [-0.2, 0) is 6.42 Å². The Labute approximate surface area is 186 Å². The Bertz CT molecular complexity index is 1400. The molecule has 0 fully saturated rings. The number of benzene rings is 4. The molecule has 166 valence electrons. The van der Waals surface area contributed by atoms with Gasteiger partial charge in [-0.25, -0.2) is 26.3 Å². The fraction of sp³-hybridized carbons (Fsp3) is 0.111. The van der Waals surface area contributed by atoms with Crippen LogP contribution in [0.4, 0.5) is 26.3 Å². The fourth-order valence-electron chi connectivity index (χ4n) is 3.60. The molecule has 0 aliphatic heterocycles. The summed E-state index contributed by atoms with van der Waals surface area (Å²) in [5.74, 6) is -3.00. The Hall–Kier alpha value is -3.72. The summed E-state index contributed by atoms with van der Waals surface area (Å²) in [4.78, 5) is 0. The standard InChI is InChI=1S/C27H16F6/c1-2-3-15-4-6-17-11-21(24(30)12-18(17)8-15)19-13-22(28)20(23(29)14-19)7-5-16-9-25(31)27(33)26(32)10-16/h4,6,8-14H,2-3H2,1H3. The Morgan fingerprint density at radius 1 is 0.636 bits per heavy atom. The van der Waals surface area contributed by atoms with Crippen molar-refractivity contribution in [1.82, 2.24) is 0 Å². The van der Waals surface area contributed by atoms with E-state index >= 15 is 0 Å². The van der Waals surface area contributed by atoms with Gasteiger partial charge in [0.15, 0.2) is 17.5 Å². The Kier molecular flexibility index (Phi) is 6.15. The van der Waals surface area contributed by atoms with Gasteiger partial charge in [-0.1, -0.05) is 43.4 Å². The first-order valence-electron chi connectivity index (χ1n) is 10.1. The van der Waals surface area contributed by atoms with Crippen molar-refractivity contribution in [2.45, 2.75) is 19.8 Å². The molecule has 33 heavy (non-hydrogen) atoms. The minimum Gasteiger partial charge on any atom is -0.206 e. The topological polar surface area (TPSA) is 0 Å².